The molecule has 2 rings (SSSR count). The zero-order chi connectivity index (χ0) is 16.1. The van der Waals surface area contributed by atoms with Gasteiger partial charge in [0.15, 0.2) is 0 Å². The van der Waals surface area contributed by atoms with Gasteiger partial charge in [-0.2, -0.15) is 0 Å². The minimum absolute atomic E-state index is 0.320. The zero-order valence-corrected chi connectivity index (χ0v) is 14.6. The van der Waals surface area contributed by atoms with Crippen LogP contribution in [0.1, 0.15) is 47.5 Å². The van der Waals surface area contributed by atoms with E-state index in [0.717, 1.165) is 12.8 Å². The van der Waals surface area contributed by atoms with Gasteiger partial charge in [0, 0.05) is 12.0 Å². The molecule has 0 aromatic rings. The average molecular weight is 295 g/mol. The highest BCUT2D eigenvalue weighted by Crippen LogP contribution is 2.38. The van der Waals surface area contributed by atoms with Crippen molar-refractivity contribution >= 4 is 5.71 Å². The lowest BCUT2D eigenvalue weighted by molar-refractivity contribution is 0.525. The van der Waals surface area contributed by atoms with E-state index in [-0.39, 0.29) is 0 Å². The third-order valence-electron chi connectivity index (χ3n) is 4.23. The zero-order valence-electron chi connectivity index (χ0n) is 14.6. The summed E-state index contributed by atoms with van der Waals surface area (Å²) in [6, 6.07) is 0.320. The predicted octanol–water partition coefficient (Wildman–Crippen LogP) is 5.83. The Bertz CT molecular complexity index is 579. The van der Waals surface area contributed by atoms with Crippen molar-refractivity contribution in [3.63, 3.8) is 0 Å². The van der Waals surface area contributed by atoms with Crippen LogP contribution < -0.4 is 0 Å². The maximum absolute atomic E-state index is 4.90. The molecule has 1 nitrogen and oxygen atoms in total. The number of nitrogens with zero attached hydrogens (tertiary/aromatic N) is 1. The Morgan fingerprint density at radius 3 is 2.73 bits per heavy atom. The fraction of sp³-hybridized carbons (Fsp3) is 0.476. The molecule has 22 heavy (non-hydrogen) atoms. The van der Waals surface area contributed by atoms with Gasteiger partial charge in [-0.05, 0) is 63.7 Å². The second-order valence-electron chi connectivity index (χ2n) is 6.66. The number of rotatable bonds is 3. The van der Waals surface area contributed by atoms with Crippen LogP contribution in [-0.2, 0) is 0 Å². The molecule has 0 aliphatic heterocycles. The molecule has 0 fully saturated rings. The first-order chi connectivity index (χ1) is 10.5. The second kappa shape index (κ2) is 7.58. The molecule has 2 aliphatic carbocycles. The van der Waals surface area contributed by atoms with E-state index >= 15 is 0 Å². The molecule has 0 radical (unpaired) electrons. The molecule has 0 bridgehead atoms. The summed E-state index contributed by atoms with van der Waals surface area (Å²) < 4.78 is 0. The van der Waals surface area contributed by atoms with Crippen molar-refractivity contribution in [2.45, 2.75) is 53.5 Å². The molecule has 2 atom stereocenters. The Balaban J connectivity index is 2.55. The quantitative estimate of drug-likeness (QED) is 0.581. The molecule has 0 aromatic carbocycles. The van der Waals surface area contributed by atoms with E-state index in [2.05, 4.69) is 77.2 Å². The Morgan fingerprint density at radius 1 is 1.27 bits per heavy atom. The summed E-state index contributed by atoms with van der Waals surface area (Å²) in [5.74, 6) is 0.961. The van der Waals surface area contributed by atoms with Crippen molar-refractivity contribution in [2.24, 2.45) is 16.8 Å². The lowest BCUT2D eigenvalue weighted by atomic mass is 9.73. The third-order valence-corrected chi connectivity index (χ3v) is 4.23. The molecule has 0 N–H and O–H groups in total. The molecule has 0 amide bonds. The summed E-state index contributed by atoms with van der Waals surface area (Å²) in [5.41, 5.74) is 5.46. The highest BCUT2D eigenvalue weighted by atomic mass is 14.8. The molecular formula is C21H29N. The standard InChI is InChI=1S/C21H29N/c1-6-7-10-18-11-8-9-12-20(22-15(2)3)21-17(5)13-16(4)14-19(18)21/h7-13,15,18-19H,6,14H2,1-5H3/b10-7?,11-8-,12-9-,22-20-. The molecule has 118 valence electrons. The SMILES string of the molecule is CCC=CC1\C=C/C=C\C(=N\C(C)C)C2=C(C)C=C(C)CC21. The lowest BCUT2D eigenvalue weighted by Crippen LogP contribution is -2.24. The van der Waals surface area contributed by atoms with Crippen molar-refractivity contribution < 1.29 is 0 Å². The molecule has 2 unspecified atom stereocenters. The van der Waals surface area contributed by atoms with E-state index in [1.54, 1.807) is 0 Å². The Morgan fingerprint density at radius 2 is 2.05 bits per heavy atom. The Labute approximate surface area is 135 Å². The predicted molar refractivity (Wildman–Crippen MR) is 98.3 cm³/mol. The summed E-state index contributed by atoms with van der Waals surface area (Å²) in [6.07, 6.45) is 18.0. The topological polar surface area (TPSA) is 12.4 Å². The summed E-state index contributed by atoms with van der Waals surface area (Å²) in [4.78, 5) is 4.90. The summed E-state index contributed by atoms with van der Waals surface area (Å²) in [5, 5.41) is 0. The van der Waals surface area contributed by atoms with Gasteiger partial charge in [0.2, 0.25) is 0 Å². The number of allylic oxidation sites excluding steroid dienone is 10. The van der Waals surface area contributed by atoms with Crippen LogP contribution in [0.5, 0.6) is 0 Å². The number of fused-ring (bicyclic) bond motifs is 1. The highest BCUT2D eigenvalue weighted by Gasteiger charge is 2.28. The van der Waals surface area contributed by atoms with Gasteiger partial charge in [-0.15, -0.1) is 0 Å². The van der Waals surface area contributed by atoms with E-state index in [9.17, 15) is 0 Å². The third kappa shape index (κ3) is 3.97. The number of aliphatic imine (C=N–C) groups is 1. The van der Waals surface area contributed by atoms with Crippen LogP contribution >= 0.6 is 0 Å². The van der Waals surface area contributed by atoms with Gasteiger partial charge in [0.25, 0.3) is 0 Å². The van der Waals surface area contributed by atoms with E-state index in [1.165, 1.54) is 22.4 Å². The molecule has 1 heteroatoms. The molecule has 0 aromatic heterocycles. The highest BCUT2D eigenvalue weighted by molar-refractivity contribution is 6.10. The molecule has 2 aliphatic rings. The monoisotopic (exact) mass is 295 g/mol. The first-order valence-corrected chi connectivity index (χ1v) is 8.50. The summed E-state index contributed by atoms with van der Waals surface area (Å²) >= 11 is 0. The van der Waals surface area contributed by atoms with Crippen molar-refractivity contribution in [1.29, 1.82) is 0 Å². The smallest absolute Gasteiger partial charge is 0.0615 e. The molecule has 0 saturated carbocycles. The van der Waals surface area contributed by atoms with E-state index in [1.807, 2.05) is 0 Å². The molecule has 0 heterocycles. The van der Waals surface area contributed by atoms with Crippen LogP contribution in [0.4, 0.5) is 0 Å². The first kappa shape index (κ1) is 16.7. The van der Waals surface area contributed by atoms with E-state index in [0.29, 0.717) is 17.9 Å². The molecule has 0 saturated heterocycles. The lowest BCUT2D eigenvalue weighted by Gasteiger charge is -2.32. The van der Waals surface area contributed by atoms with E-state index in [4.69, 9.17) is 4.99 Å². The van der Waals surface area contributed by atoms with Crippen molar-refractivity contribution in [1.82, 2.24) is 0 Å². The van der Waals surface area contributed by atoms with Crippen LogP contribution in [0.15, 0.2) is 64.2 Å². The van der Waals surface area contributed by atoms with Crippen LogP contribution in [0, 0.1) is 11.8 Å². The minimum atomic E-state index is 0.320. The normalized spacial score (nSPS) is 30.3. The maximum atomic E-state index is 4.90. The Hall–Kier alpha value is -1.63. The van der Waals surface area contributed by atoms with Gasteiger partial charge in [-0.25, -0.2) is 0 Å². The van der Waals surface area contributed by atoms with Gasteiger partial charge in [0.1, 0.15) is 0 Å². The maximum Gasteiger partial charge on any atom is 0.0615 e. The van der Waals surface area contributed by atoms with Crippen LogP contribution in [-0.4, -0.2) is 11.8 Å². The van der Waals surface area contributed by atoms with Crippen molar-refractivity contribution in [2.75, 3.05) is 0 Å². The number of hydrogen-bond donors (Lipinski definition) is 0. The van der Waals surface area contributed by atoms with E-state index < -0.39 is 0 Å². The van der Waals surface area contributed by atoms with Gasteiger partial charge < -0.3 is 0 Å². The average Bonchev–Trinajstić information content (AvgIpc) is 2.42. The van der Waals surface area contributed by atoms with Crippen LogP contribution in [0.3, 0.4) is 0 Å². The van der Waals surface area contributed by atoms with Crippen LogP contribution in [0.2, 0.25) is 0 Å². The van der Waals surface area contributed by atoms with Crippen molar-refractivity contribution in [3.05, 3.63) is 59.3 Å². The fourth-order valence-electron chi connectivity index (χ4n) is 3.41. The summed E-state index contributed by atoms with van der Waals surface area (Å²) in [7, 11) is 0. The second-order valence-corrected chi connectivity index (χ2v) is 6.66. The van der Waals surface area contributed by atoms with Gasteiger partial charge in [-0.3, -0.25) is 4.99 Å². The fourth-order valence-corrected chi connectivity index (χ4v) is 3.41. The van der Waals surface area contributed by atoms with Crippen LogP contribution in [0.25, 0.3) is 0 Å². The van der Waals surface area contributed by atoms with Gasteiger partial charge in [0.05, 0.1) is 5.71 Å². The molecular weight excluding hydrogens is 266 g/mol. The largest absolute Gasteiger partial charge is 0.282 e. The number of hydrogen-bond acceptors (Lipinski definition) is 1. The van der Waals surface area contributed by atoms with Gasteiger partial charge in [-0.1, -0.05) is 49.0 Å². The van der Waals surface area contributed by atoms with Gasteiger partial charge >= 0.3 is 0 Å². The first-order valence-electron chi connectivity index (χ1n) is 8.50. The molecule has 0 spiro atoms. The summed E-state index contributed by atoms with van der Waals surface area (Å²) in [6.45, 7) is 11.0. The van der Waals surface area contributed by atoms with Crippen molar-refractivity contribution in [3.8, 4) is 0 Å². The minimum Gasteiger partial charge on any atom is -0.282 e. The Kier molecular flexibility index (Phi) is 5.76.